The first-order chi connectivity index (χ1) is 14.4. The van der Waals surface area contributed by atoms with Crippen molar-refractivity contribution in [1.82, 2.24) is 5.43 Å². The number of carbonyl (C=O) groups is 2. The topological polar surface area (TPSA) is 90.8 Å². The average molecular weight is 412 g/mol. The molecule has 3 N–H and O–H groups in total. The third-order valence-electron chi connectivity index (χ3n) is 7.20. The molecule has 0 radical (unpaired) electrons. The monoisotopic (exact) mass is 411 g/mol. The van der Waals surface area contributed by atoms with Crippen LogP contribution in [0.25, 0.3) is 0 Å². The lowest BCUT2D eigenvalue weighted by atomic mass is 9.49. The van der Waals surface area contributed by atoms with Crippen LogP contribution in [0.3, 0.4) is 0 Å². The van der Waals surface area contributed by atoms with E-state index in [4.69, 9.17) is 0 Å². The van der Waals surface area contributed by atoms with Gasteiger partial charge in [-0.15, -0.1) is 0 Å². The molecule has 4 fully saturated rings. The van der Waals surface area contributed by atoms with Crippen molar-refractivity contribution in [3.8, 4) is 5.75 Å². The van der Waals surface area contributed by atoms with E-state index in [1.54, 1.807) is 19.1 Å². The summed E-state index contributed by atoms with van der Waals surface area (Å²) < 4.78 is 0. The highest BCUT2D eigenvalue weighted by atomic mass is 16.3. The molecule has 6 heteroatoms. The van der Waals surface area contributed by atoms with Crippen LogP contribution in [0.4, 0.5) is 5.69 Å². The molecular weight excluding hydrogens is 378 g/mol. The average Bonchev–Trinajstić information content (AvgIpc) is 2.66. The maximum Gasteiger partial charge on any atom is 0.240 e. The van der Waals surface area contributed by atoms with Crippen LogP contribution >= 0.6 is 0 Å². The fourth-order valence-electron chi connectivity index (χ4n) is 6.45. The number of nitrogens with zero attached hydrogens (tertiary/aromatic N) is 1. The standard InChI is InChI=1S/C24H33N3O3/c1-3-4-22(29)25-19-5-6-21(28)20(10-19)15(2)26-27-23(30)14-24-11-16-7-17(12-24)9-18(8-16)13-24/h5-6,10,16-18,28H,3-4,7-9,11-14H2,1-2H3,(H,25,29)(H,27,30)/b26-15+. The molecule has 4 saturated carbocycles. The van der Waals surface area contributed by atoms with E-state index in [0.29, 0.717) is 29.8 Å². The van der Waals surface area contributed by atoms with Crippen molar-refractivity contribution >= 4 is 23.2 Å². The fourth-order valence-corrected chi connectivity index (χ4v) is 6.45. The van der Waals surface area contributed by atoms with Crippen LogP contribution in [0.1, 0.15) is 77.2 Å². The molecule has 4 aliphatic rings. The van der Waals surface area contributed by atoms with Gasteiger partial charge in [-0.2, -0.15) is 5.10 Å². The van der Waals surface area contributed by atoms with Gasteiger partial charge in [0.25, 0.3) is 0 Å². The fraction of sp³-hybridized carbons (Fsp3) is 0.625. The third kappa shape index (κ3) is 4.52. The minimum absolute atomic E-state index is 0.0387. The number of hydrogen-bond acceptors (Lipinski definition) is 4. The molecule has 0 saturated heterocycles. The summed E-state index contributed by atoms with van der Waals surface area (Å²) in [6.07, 6.45) is 9.43. The van der Waals surface area contributed by atoms with Gasteiger partial charge in [0.1, 0.15) is 5.75 Å². The first-order valence-corrected chi connectivity index (χ1v) is 11.3. The van der Waals surface area contributed by atoms with Crippen LogP contribution in [-0.4, -0.2) is 22.6 Å². The van der Waals surface area contributed by atoms with Crippen molar-refractivity contribution in [3.05, 3.63) is 23.8 Å². The lowest BCUT2D eigenvalue weighted by Crippen LogP contribution is -2.47. The molecule has 0 atom stereocenters. The number of hydrazone groups is 1. The molecule has 4 aliphatic carbocycles. The highest BCUT2D eigenvalue weighted by molar-refractivity contribution is 6.03. The molecule has 1 aromatic rings. The van der Waals surface area contributed by atoms with E-state index < -0.39 is 0 Å². The zero-order valence-electron chi connectivity index (χ0n) is 18.0. The minimum Gasteiger partial charge on any atom is -0.507 e. The molecule has 30 heavy (non-hydrogen) atoms. The van der Waals surface area contributed by atoms with Crippen molar-refractivity contribution in [2.24, 2.45) is 28.3 Å². The van der Waals surface area contributed by atoms with Crippen molar-refractivity contribution < 1.29 is 14.7 Å². The van der Waals surface area contributed by atoms with E-state index in [1.165, 1.54) is 44.6 Å². The van der Waals surface area contributed by atoms with E-state index in [9.17, 15) is 14.7 Å². The first kappa shape index (κ1) is 20.9. The van der Waals surface area contributed by atoms with E-state index >= 15 is 0 Å². The van der Waals surface area contributed by atoms with Gasteiger partial charge in [-0.25, -0.2) is 5.43 Å². The number of phenolic OH excluding ortho intramolecular Hbond substituents is 1. The second kappa shape index (κ2) is 8.40. The Hall–Kier alpha value is -2.37. The van der Waals surface area contributed by atoms with Gasteiger partial charge < -0.3 is 10.4 Å². The van der Waals surface area contributed by atoms with Gasteiger partial charge in [0.15, 0.2) is 0 Å². The number of hydrogen-bond donors (Lipinski definition) is 3. The second-order valence-electron chi connectivity index (χ2n) is 9.86. The number of rotatable bonds is 7. The molecule has 1 aromatic carbocycles. The molecule has 2 amide bonds. The number of anilines is 1. The summed E-state index contributed by atoms with van der Waals surface area (Å²) in [7, 11) is 0. The Morgan fingerprint density at radius 2 is 1.73 bits per heavy atom. The zero-order chi connectivity index (χ0) is 21.3. The predicted molar refractivity (Wildman–Crippen MR) is 117 cm³/mol. The normalized spacial score (nSPS) is 29.7. The van der Waals surface area contributed by atoms with Crippen LogP contribution in [0, 0.1) is 23.2 Å². The summed E-state index contributed by atoms with van der Waals surface area (Å²) >= 11 is 0. The van der Waals surface area contributed by atoms with Gasteiger partial charge in [0.2, 0.25) is 11.8 Å². The Kier molecular flexibility index (Phi) is 5.85. The molecule has 162 valence electrons. The molecular formula is C24H33N3O3. The summed E-state index contributed by atoms with van der Waals surface area (Å²) in [6, 6.07) is 4.88. The van der Waals surface area contributed by atoms with Crippen LogP contribution in [0.15, 0.2) is 23.3 Å². The number of carbonyl (C=O) groups excluding carboxylic acids is 2. The third-order valence-corrected chi connectivity index (χ3v) is 7.20. The Morgan fingerprint density at radius 1 is 1.10 bits per heavy atom. The zero-order valence-corrected chi connectivity index (χ0v) is 18.0. The maximum atomic E-state index is 12.7. The quantitative estimate of drug-likeness (QED) is 0.348. The lowest BCUT2D eigenvalue weighted by Gasteiger charge is -2.56. The number of nitrogens with one attached hydrogen (secondary N) is 2. The maximum absolute atomic E-state index is 12.7. The Bertz CT molecular complexity index is 826. The number of aromatic hydroxyl groups is 1. The predicted octanol–water partition coefficient (Wildman–Crippen LogP) is 4.58. The molecule has 0 spiro atoms. The summed E-state index contributed by atoms with van der Waals surface area (Å²) in [4.78, 5) is 24.5. The lowest BCUT2D eigenvalue weighted by molar-refractivity contribution is -0.129. The molecule has 5 rings (SSSR count). The summed E-state index contributed by atoms with van der Waals surface area (Å²) in [5, 5.41) is 17.3. The Labute approximate surface area is 178 Å². The van der Waals surface area contributed by atoms with Crippen LogP contribution in [-0.2, 0) is 9.59 Å². The van der Waals surface area contributed by atoms with Gasteiger partial charge in [-0.3, -0.25) is 9.59 Å². The van der Waals surface area contributed by atoms with Gasteiger partial charge in [0.05, 0.1) is 5.71 Å². The highest BCUT2D eigenvalue weighted by Crippen LogP contribution is 2.61. The molecule has 0 unspecified atom stereocenters. The van der Waals surface area contributed by atoms with Crippen LogP contribution in [0.5, 0.6) is 5.75 Å². The Morgan fingerprint density at radius 3 is 2.33 bits per heavy atom. The largest absolute Gasteiger partial charge is 0.507 e. The van der Waals surface area contributed by atoms with Gasteiger partial charge in [0, 0.05) is 24.1 Å². The van der Waals surface area contributed by atoms with Crippen LogP contribution in [0.2, 0.25) is 0 Å². The first-order valence-electron chi connectivity index (χ1n) is 11.3. The minimum atomic E-state index is -0.0624. The van der Waals surface area contributed by atoms with Gasteiger partial charge >= 0.3 is 0 Å². The summed E-state index contributed by atoms with van der Waals surface area (Å²) in [5.41, 5.74) is 4.51. The smallest absolute Gasteiger partial charge is 0.240 e. The van der Waals surface area contributed by atoms with Crippen molar-refractivity contribution in [1.29, 1.82) is 0 Å². The van der Waals surface area contributed by atoms with E-state index in [-0.39, 0.29) is 23.0 Å². The number of amides is 2. The summed E-state index contributed by atoms with van der Waals surface area (Å²) in [5.74, 6) is 2.42. The molecule has 0 aliphatic heterocycles. The van der Waals surface area contributed by atoms with Gasteiger partial charge in [-0.05, 0) is 93.2 Å². The number of phenols is 1. The van der Waals surface area contributed by atoms with Crippen molar-refractivity contribution in [2.45, 2.75) is 71.6 Å². The number of benzene rings is 1. The van der Waals surface area contributed by atoms with E-state index in [0.717, 1.165) is 24.2 Å². The summed E-state index contributed by atoms with van der Waals surface area (Å²) in [6.45, 7) is 3.70. The molecule has 0 heterocycles. The van der Waals surface area contributed by atoms with Gasteiger partial charge in [-0.1, -0.05) is 6.92 Å². The van der Waals surface area contributed by atoms with E-state index in [1.807, 2.05) is 6.92 Å². The van der Waals surface area contributed by atoms with Crippen molar-refractivity contribution in [3.63, 3.8) is 0 Å². The molecule has 6 nitrogen and oxygen atoms in total. The Balaban J connectivity index is 1.39. The van der Waals surface area contributed by atoms with Crippen LogP contribution < -0.4 is 10.7 Å². The molecule has 4 bridgehead atoms. The van der Waals surface area contributed by atoms with E-state index in [2.05, 4.69) is 15.8 Å². The molecule has 0 aromatic heterocycles. The highest BCUT2D eigenvalue weighted by Gasteiger charge is 2.51. The second-order valence-corrected chi connectivity index (χ2v) is 9.86. The SMILES string of the molecule is CCCC(=O)Nc1ccc(O)c(/C(C)=N/NC(=O)CC23CC4CC(CC(C4)C2)C3)c1. The van der Waals surface area contributed by atoms with Crippen molar-refractivity contribution in [2.75, 3.05) is 5.32 Å².